The Kier molecular flexibility index (Phi) is 9.31. The van der Waals surface area contributed by atoms with Gasteiger partial charge < -0.3 is 10.0 Å². The Hall–Kier alpha value is -5.26. The van der Waals surface area contributed by atoms with Crippen molar-refractivity contribution >= 4 is 50.1 Å². The van der Waals surface area contributed by atoms with Crippen molar-refractivity contribution in [3.8, 4) is 44.5 Å². The summed E-state index contributed by atoms with van der Waals surface area (Å²) in [6, 6.07) is 62.7. The molecule has 0 saturated carbocycles. The van der Waals surface area contributed by atoms with Gasteiger partial charge in [0.25, 0.3) is 0 Å². The smallest absolute Gasteiger partial charge is 0.423 e. The molecule has 0 saturated heterocycles. The van der Waals surface area contributed by atoms with Crippen LogP contribution in [0, 0.1) is 0 Å². The summed E-state index contributed by atoms with van der Waals surface area (Å²) in [6.45, 7) is 0. The van der Waals surface area contributed by atoms with E-state index in [1.807, 2.05) is 30.3 Å². The number of hydrogen-bond donors (Lipinski definition) is 2. The molecule has 230 valence electrons. The van der Waals surface area contributed by atoms with Crippen molar-refractivity contribution in [2.45, 2.75) is 0 Å². The van der Waals surface area contributed by atoms with Gasteiger partial charge in [-0.15, -0.1) is 0 Å². The molecule has 0 aliphatic heterocycles. The van der Waals surface area contributed by atoms with E-state index < -0.39 is 7.12 Å². The lowest BCUT2D eigenvalue weighted by molar-refractivity contribution is 0.426. The van der Waals surface area contributed by atoms with Crippen molar-refractivity contribution in [3.63, 3.8) is 0 Å². The number of benzene rings is 8. The Bertz CT molecular complexity index is 2330. The summed E-state index contributed by atoms with van der Waals surface area (Å²) >= 11 is 3.51. The molecule has 2 nitrogen and oxygen atoms in total. The van der Waals surface area contributed by atoms with Gasteiger partial charge in [0, 0.05) is 4.47 Å². The van der Waals surface area contributed by atoms with Gasteiger partial charge in [-0.1, -0.05) is 174 Å². The molecule has 0 amide bonds. The first kappa shape index (κ1) is 31.3. The minimum Gasteiger partial charge on any atom is -0.423 e. The highest BCUT2D eigenvalue weighted by molar-refractivity contribution is 9.10. The van der Waals surface area contributed by atoms with Crippen molar-refractivity contribution < 1.29 is 10.0 Å². The van der Waals surface area contributed by atoms with Gasteiger partial charge in [0.05, 0.1) is 0 Å². The molecular weight excluding hydrogens is 651 g/mol. The lowest BCUT2D eigenvalue weighted by atomic mass is 9.79. The first-order chi connectivity index (χ1) is 23.5. The normalized spacial score (nSPS) is 10.8. The Morgan fingerprint density at radius 1 is 0.333 bits per heavy atom. The third kappa shape index (κ3) is 6.88. The molecule has 8 aromatic rings. The molecule has 8 rings (SSSR count). The van der Waals surface area contributed by atoms with E-state index in [1.54, 1.807) is 12.1 Å². The third-order valence-electron chi connectivity index (χ3n) is 8.65. The predicted molar refractivity (Wildman–Crippen MR) is 207 cm³/mol. The zero-order valence-electron chi connectivity index (χ0n) is 26.2. The largest absolute Gasteiger partial charge is 0.488 e. The quantitative estimate of drug-likeness (QED) is 0.177. The van der Waals surface area contributed by atoms with Crippen LogP contribution in [0.15, 0.2) is 186 Å². The van der Waals surface area contributed by atoms with Crippen LogP contribution in [0.4, 0.5) is 0 Å². The molecule has 0 unspecified atom stereocenters. The number of hydrogen-bond acceptors (Lipinski definition) is 2. The minimum atomic E-state index is -1.44. The van der Waals surface area contributed by atoms with Gasteiger partial charge in [-0.05, 0) is 95.8 Å². The Morgan fingerprint density at radius 3 is 1.08 bits per heavy atom. The maximum atomic E-state index is 9.27. The molecule has 0 atom stereocenters. The summed E-state index contributed by atoms with van der Waals surface area (Å²) in [5, 5.41) is 23.5. The van der Waals surface area contributed by atoms with Crippen LogP contribution in [0.25, 0.3) is 66.1 Å². The summed E-state index contributed by atoms with van der Waals surface area (Å²) < 4.78 is 1.10. The van der Waals surface area contributed by atoms with E-state index in [0.717, 1.165) is 21.2 Å². The van der Waals surface area contributed by atoms with Gasteiger partial charge in [-0.25, -0.2) is 0 Å². The van der Waals surface area contributed by atoms with Gasteiger partial charge in [0.2, 0.25) is 0 Å². The molecule has 0 aromatic heterocycles. The van der Waals surface area contributed by atoms with Crippen molar-refractivity contribution in [2.24, 2.45) is 0 Å². The van der Waals surface area contributed by atoms with Crippen molar-refractivity contribution in [1.82, 2.24) is 0 Å². The standard InChI is InChI=1S/C22H17BO2.C22H15Br/c24-23(25)20-13-11-17(12-14-20)21-7-3-4-8-22(21)19-10-9-16-5-1-2-6-18(16)15-19;23-20-13-11-17(12-14-20)21-7-3-4-8-22(21)19-10-9-16-5-1-2-6-18(16)15-19/h1-15,24-25H;1-15H. The molecule has 0 bridgehead atoms. The second kappa shape index (κ2) is 14.2. The zero-order chi connectivity index (χ0) is 32.9. The fraction of sp³-hybridized carbons (Fsp3) is 0. The molecule has 0 aliphatic carbocycles. The fourth-order valence-corrected chi connectivity index (χ4v) is 6.42. The molecular formula is C44H32BBrO2. The highest BCUT2D eigenvalue weighted by Crippen LogP contribution is 2.35. The number of halogens is 1. The van der Waals surface area contributed by atoms with E-state index in [9.17, 15) is 10.0 Å². The topological polar surface area (TPSA) is 40.5 Å². The maximum Gasteiger partial charge on any atom is 0.488 e. The predicted octanol–water partition coefficient (Wildman–Crippen LogP) is 10.8. The van der Waals surface area contributed by atoms with Gasteiger partial charge >= 0.3 is 7.12 Å². The number of fused-ring (bicyclic) bond motifs is 2. The monoisotopic (exact) mass is 682 g/mol. The van der Waals surface area contributed by atoms with Crippen LogP contribution in [0.5, 0.6) is 0 Å². The van der Waals surface area contributed by atoms with Crippen LogP contribution in [0.3, 0.4) is 0 Å². The average Bonchev–Trinajstić information content (AvgIpc) is 3.15. The first-order valence-corrected chi connectivity index (χ1v) is 16.7. The van der Waals surface area contributed by atoms with Crippen LogP contribution in [-0.4, -0.2) is 17.2 Å². The second-order valence-electron chi connectivity index (χ2n) is 11.7. The van der Waals surface area contributed by atoms with Crippen LogP contribution < -0.4 is 5.46 Å². The highest BCUT2D eigenvalue weighted by Gasteiger charge is 2.12. The molecule has 0 aliphatic rings. The van der Waals surface area contributed by atoms with Crippen LogP contribution >= 0.6 is 15.9 Å². The zero-order valence-corrected chi connectivity index (χ0v) is 27.8. The van der Waals surface area contributed by atoms with E-state index in [4.69, 9.17) is 0 Å². The third-order valence-corrected chi connectivity index (χ3v) is 9.18. The maximum absolute atomic E-state index is 9.27. The lowest BCUT2D eigenvalue weighted by Gasteiger charge is -2.12. The summed E-state index contributed by atoms with van der Waals surface area (Å²) in [6.07, 6.45) is 0. The van der Waals surface area contributed by atoms with Gasteiger partial charge in [0.1, 0.15) is 0 Å². The van der Waals surface area contributed by atoms with E-state index in [-0.39, 0.29) is 0 Å². The summed E-state index contributed by atoms with van der Waals surface area (Å²) in [4.78, 5) is 0. The Balaban J connectivity index is 0.000000152. The Morgan fingerprint density at radius 2 is 0.667 bits per heavy atom. The van der Waals surface area contributed by atoms with E-state index in [1.165, 1.54) is 49.4 Å². The van der Waals surface area contributed by atoms with Gasteiger partial charge in [0.15, 0.2) is 0 Å². The second-order valence-corrected chi connectivity index (χ2v) is 12.6. The van der Waals surface area contributed by atoms with Crippen molar-refractivity contribution in [2.75, 3.05) is 0 Å². The molecule has 2 N–H and O–H groups in total. The van der Waals surface area contributed by atoms with Crippen LogP contribution in [-0.2, 0) is 0 Å². The minimum absolute atomic E-state index is 0.493. The van der Waals surface area contributed by atoms with Crippen molar-refractivity contribution in [3.05, 3.63) is 186 Å². The fourth-order valence-electron chi connectivity index (χ4n) is 6.15. The van der Waals surface area contributed by atoms with Crippen molar-refractivity contribution in [1.29, 1.82) is 0 Å². The summed E-state index contributed by atoms with van der Waals surface area (Å²) in [7, 11) is -1.44. The van der Waals surface area contributed by atoms with Gasteiger partial charge in [-0.2, -0.15) is 0 Å². The molecule has 8 aromatic carbocycles. The molecule has 0 fully saturated rings. The SMILES string of the molecule is Brc1ccc(-c2ccccc2-c2ccc3ccccc3c2)cc1.OB(O)c1ccc(-c2ccccc2-c2ccc3ccccc3c2)cc1. The van der Waals surface area contributed by atoms with Crippen LogP contribution in [0.1, 0.15) is 0 Å². The van der Waals surface area contributed by atoms with Crippen LogP contribution in [0.2, 0.25) is 0 Å². The number of rotatable bonds is 5. The first-order valence-electron chi connectivity index (χ1n) is 15.9. The molecule has 0 spiro atoms. The average molecular weight is 683 g/mol. The molecule has 4 heteroatoms. The molecule has 0 radical (unpaired) electrons. The van der Waals surface area contributed by atoms with Gasteiger partial charge in [-0.3, -0.25) is 0 Å². The molecule has 48 heavy (non-hydrogen) atoms. The van der Waals surface area contributed by atoms with E-state index in [0.29, 0.717) is 5.46 Å². The van der Waals surface area contributed by atoms with E-state index in [2.05, 4.69) is 155 Å². The van der Waals surface area contributed by atoms with E-state index >= 15 is 0 Å². The summed E-state index contributed by atoms with van der Waals surface area (Å²) in [5.74, 6) is 0. The summed E-state index contributed by atoms with van der Waals surface area (Å²) in [5.41, 5.74) is 10.00. The lowest BCUT2D eigenvalue weighted by Crippen LogP contribution is -2.29. The molecule has 0 heterocycles. The highest BCUT2D eigenvalue weighted by atomic mass is 79.9. The Labute approximate surface area is 289 Å².